The summed E-state index contributed by atoms with van der Waals surface area (Å²) in [5.41, 5.74) is 3.15. The van der Waals surface area contributed by atoms with Crippen molar-refractivity contribution in [1.82, 2.24) is 19.9 Å². The largest absolute Gasteiger partial charge is 0.353 e. The number of hydrogen-bond donors (Lipinski definition) is 2. The summed E-state index contributed by atoms with van der Waals surface area (Å²) in [5.74, 6) is -0.418. The van der Waals surface area contributed by atoms with E-state index in [1.165, 1.54) is 46.2 Å². The minimum atomic E-state index is -0.394. The SMILES string of the molecule is Cc1cc2nc(SCC(=O)N[C@@H](C)CCc3ccccc3)n(-c3ccc(F)cc3)c(=O)c2[nH]1. The smallest absolute Gasteiger partial charge is 0.283 e. The Morgan fingerprint density at radius 3 is 2.64 bits per heavy atom. The van der Waals surface area contributed by atoms with Crippen LogP contribution < -0.4 is 10.9 Å². The molecule has 0 saturated carbocycles. The summed E-state index contributed by atoms with van der Waals surface area (Å²) in [5, 5.41) is 3.39. The van der Waals surface area contributed by atoms with Crippen molar-refractivity contribution in [3.63, 3.8) is 0 Å². The number of fused-ring (bicyclic) bond motifs is 1. The molecule has 0 aliphatic carbocycles. The average Bonchev–Trinajstić information content (AvgIpc) is 3.18. The summed E-state index contributed by atoms with van der Waals surface area (Å²) in [6.45, 7) is 3.83. The van der Waals surface area contributed by atoms with Crippen molar-refractivity contribution in [3.05, 3.63) is 88.1 Å². The number of aromatic amines is 1. The lowest BCUT2D eigenvalue weighted by Crippen LogP contribution is -2.34. The molecule has 1 atom stereocenters. The van der Waals surface area contributed by atoms with Gasteiger partial charge in [-0.25, -0.2) is 9.37 Å². The monoisotopic (exact) mass is 464 g/mol. The van der Waals surface area contributed by atoms with Crippen LogP contribution in [-0.2, 0) is 11.2 Å². The number of rotatable bonds is 8. The van der Waals surface area contributed by atoms with Crippen LogP contribution in [0.4, 0.5) is 4.39 Å². The Balaban J connectivity index is 1.49. The summed E-state index contributed by atoms with van der Waals surface area (Å²) in [6, 6.07) is 17.6. The van der Waals surface area contributed by atoms with Crippen LogP contribution in [-0.4, -0.2) is 32.2 Å². The van der Waals surface area contributed by atoms with Gasteiger partial charge in [0.1, 0.15) is 11.3 Å². The molecular formula is C25H25FN4O2S. The third kappa shape index (κ3) is 5.51. The number of aryl methyl sites for hydroxylation is 2. The van der Waals surface area contributed by atoms with E-state index in [4.69, 9.17) is 0 Å². The molecule has 1 amide bonds. The Hall–Kier alpha value is -3.39. The van der Waals surface area contributed by atoms with Crippen molar-refractivity contribution in [2.45, 2.75) is 37.9 Å². The second-order valence-electron chi connectivity index (χ2n) is 8.01. The van der Waals surface area contributed by atoms with Gasteiger partial charge in [0.25, 0.3) is 5.56 Å². The summed E-state index contributed by atoms with van der Waals surface area (Å²) >= 11 is 1.18. The van der Waals surface area contributed by atoms with Crippen LogP contribution in [0.15, 0.2) is 70.6 Å². The van der Waals surface area contributed by atoms with Gasteiger partial charge >= 0.3 is 0 Å². The molecule has 6 nitrogen and oxygen atoms in total. The molecule has 0 spiro atoms. The van der Waals surface area contributed by atoms with Crippen molar-refractivity contribution in [2.24, 2.45) is 0 Å². The molecule has 2 aromatic carbocycles. The second-order valence-corrected chi connectivity index (χ2v) is 8.95. The van der Waals surface area contributed by atoms with Gasteiger partial charge in [-0.3, -0.25) is 14.2 Å². The van der Waals surface area contributed by atoms with Crippen LogP contribution in [0.2, 0.25) is 0 Å². The number of H-pyrrole nitrogens is 1. The van der Waals surface area contributed by atoms with Crippen molar-refractivity contribution >= 4 is 28.7 Å². The van der Waals surface area contributed by atoms with Crippen LogP contribution in [0.5, 0.6) is 0 Å². The molecule has 0 saturated heterocycles. The predicted octanol–water partition coefficient (Wildman–Crippen LogP) is 4.39. The van der Waals surface area contributed by atoms with Gasteiger partial charge in [-0.15, -0.1) is 0 Å². The molecule has 0 bridgehead atoms. The highest BCUT2D eigenvalue weighted by atomic mass is 32.2. The minimum Gasteiger partial charge on any atom is -0.353 e. The van der Waals surface area contributed by atoms with Gasteiger partial charge in [0.2, 0.25) is 5.91 Å². The lowest BCUT2D eigenvalue weighted by Gasteiger charge is -2.15. The maximum Gasteiger partial charge on any atom is 0.283 e. The minimum absolute atomic E-state index is 0.0142. The average molecular weight is 465 g/mol. The maximum atomic E-state index is 13.4. The Kier molecular flexibility index (Phi) is 6.93. The van der Waals surface area contributed by atoms with E-state index < -0.39 is 5.82 Å². The highest BCUT2D eigenvalue weighted by Crippen LogP contribution is 2.22. The Morgan fingerprint density at radius 1 is 1.18 bits per heavy atom. The predicted molar refractivity (Wildman–Crippen MR) is 129 cm³/mol. The molecule has 0 radical (unpaired) electrons. The molecule has 0 fully saturated rings. The zero-order chi connectivity index (χ0) is 23.4. The van der Waals surface area contributed by atoms with Gasteiger partial charge in [-0.05, 0) is 62.6 Å². The van der Waals surface area contributed by atoms with Crippen molar-refractivity contribution in [1.29, 1.82) is 0 Å². The molecule has 0 aliphatic rings. The molecule has 2 heterocycles. The fourth-order valence-electron chi connectivity index (χ4n) is 3.64. The lowest BCUT2D eigenvalue weighted by molar-refractivity contribution is -0.119. The van der Waals surface area contributed by atoms with Crippen LogP contribution >= 0.6 is 11.8 Å². The number of aromatic nitrogens is 3. The van der Waals surface area contributed by atoms with Gasteiger partial charge in [-0.1, -0.05) is 42.1 Å². The highest BCUT2D eigenvalue weighted by Gasteiger charge is 2.17. The van der Waals surface area contributed by atoms with E-state index in [0.717, 1.165) is 18.5 Å². The van der Waals surface area contributed by atoms with E-state index in [2.05, 4.69) is 27.4 Å². The normalized spacial score (nSPS) is 12.1. The molecule has 170 valence electrons. The maximum absolute atomic E-state index is 13.4. The fourth-order valence-corrected chi connectivity index (χ4v) is 4.46. The van der Waals surface area contributed by atoms with E-state index >= 15 is 0 Å². The first-order valence-electron chi connectivity index (χ1n) is 10.7. The van der Waals surface area contributed by atoms with Gasteiger partial charge in [0.15, 0.2) is 5.16 Å². The molecule has 33 heavy (non-hydrogen) atoms. The van der Waals surface area contributed by atoms with Crippen molar-refractivity contribution < 1.29 is 9.18 Å². The summed E-state index contributed by atoms with van der Waals surface area (Å²) in [6.07, 6.45) is 1.71. The molecule has 4 rings (SSSR count). The Bertz CT molecular complexity index is 1320. The first-order valence-corrected chi connectivity index (χ1v) is 11.7. The zero-order valence-electron chi connectivity index (χ0n) is 18.5. The van der Waals surface area contributed by atoms with E-state index in [9.17, 15) is 14.0 Å². The number of amides is 1. The standard InChI is InChI=1S/C25H25FN4O2S/c1-16(8-9-18-6-4-3-5-7-18)27-22(31)15-33-25-29-21-14-17(2)28-23(21)24(32)30(25)20-12-10-19(26)11-13-20/h3-7,10-14,16,28H,8-9,15H2,1-2H3,(H,27,31)/t16-/m0/s1. The topological polar surface area (TPSA) is 79.8 Å². The van der Waals surface area contributed by atoms with Gasteiger partial charge in [0.05, 0.1) is 17.0 Å². The number of nitrogens with one attached hydrogen (secondary N) is 2. The number of hydrogen-bond acceptors (Lipinski definition) is 4. The van der Waals surface area contributed by atoms with Gasteiger partial charge < -0.3 is 10.3 Å². The quantitative estimate of drug-likeness (QED) is 0.299. The number of halogens is 1. The molecule has 4 aromatic rings. The van der Waals surface area contributed by atoms with E-state index in [0.29, 0.717) is 21.9 Å². The molecule has 0 aliphatic heterocycles. The lowest BCUT2D eigenvalue weighted by atomic mass is 10.1. The molecule has 8 heteroatoms. The number of thioether (sulfide) groups is 1. The third-order valence-corrected chi connectivity index (χ3v) is 6.23. The highest BCUT2D eigenvalue weighted by molar-refractivity contribution is 7.99. The Labute approximate surface area is 195 Å². The third-order valence-electron chi connectivity index (χ3n) is 5.29. The van der Waals surface area contributed by atoms with Gasteiger partial charge in [-0.2, -0.15) is 0 Å². The molecule has 0 unspecified atom stereocenters. The Morgan fingerprint density at radius 2 is 1.91 bits per heavy atom. The summed E-state index contributed by atoms with van der Waals surface area (Å²) in [4.78, 5) is 33.4. The number of benzene rings is 2. The van der Waals surface area contributed by atoms with Gasteiger partial charge in [0, 0.05) is 11.7 Å². The molecule has 2 aromatic heterocycles. The fraction of sp³-hybridized carbons (Fsp3) is 0.240. The van der Waals surface area contributed by atoms with Crippen LogP contribution in [0, 0.1) is 12.7 Å². The van der Waals surface area contributed by atoms with Crippen molar-refractivity contribution in [3.8, 4) is 5.69 Å². The van der Waals surface area contributed by atoms with Crippen molar-refractivity contribution in [2.75, 3.05) is 5.75 Å². The second kappa shape index (κ2) is 10.0. The van der Waals surface area contributed by atoms with Crippen LogP contribution in [0.25, 0.3) is 16.7 Å². The van der Waals surface area contributed by atoms with Crippen LogP contribution in [0.3, 0.4) is 0 Å². The molecule has 2 N–H and O–H groups in total. The number of nitrogens with zero attached hydrogens (tertiary/aromatic N) is 2. The molecular weight excluding hydrogens is 439 g/mol. The summed E-state index contributed by atoms with van der Waals surface area (Å²) in [7, 11) is 0. The first-order chi connectivity index (χ1) is 15.9. The van der Waals surface area contributed by atoms with E-state index in [-0.39, 0.29) is 23.3 Å². The van der Waals surface area contributed by atoms with E-state index in [1.807, 2.05) is 32.0 Å². The number of carbonyl (C=O) groups excluding carboxylic acids is 1. The summed E-state index contributed by atoms with van der Waals surface area (Å²) < 4.78 is 14.9. The van der Waals surface area contributed by atoms with E-state index in [1.54, 1.807) is 6.07 Å². The zero-order valence-corrected chi connectivity index (χ0v) is 19.3. The first kappa shape index (κ1) is 22.8. The number of carbonyl (C=O) groups is 1. The van der Waals surface area contributed by atoms with Crippen LogP contribution in [0.1, 0.15) is 24.6 Å².